The van der Waals surface area contributed by atoms with Gasteiger partial charge in [0.25, 0.3) is 0 Å². The number of imidazole rings is 1. The summed E-state index contributed by atoms with van der Waals surface area (Å²) in [4.78, 5) is 4.39. The van der Waals surface area contributed by atoms with Crippen molar-refractivity contribution in [2.24, 2.45) is 0 Å². The lowest BCUT2D eigenvalue weighted by Crippen LogP contribution is -2.35. The van der Waals surface area contributed by atoms with Crippen molar-refractivity contribution in [3.8, 4) is 39.9 Å². The number of methoxy groups -OCH3 is 2. The van der Waals surface area contributed by atoms with Gasteiger partial charge in [0.1, 0.15) is 23.4 Å². The van der Waals surface area contributed by atoms with Crippen LogP contribution in [0, 0.1) is 0 Å². The molecule has 8 heteroatoms. The quantitative estimate of drug-likeness (QED) is 0.261. The first-order chi connectivity index (χ1) is 20.4. The second-order valence-electron chi connectivity index (χ2n) is 11.9. The second kappa shape index (κ2) is 10.3. The van der Waals surface area contributed by atoms with Crippen LogP contribution in [0.15, 0.2) is 61.2 Å². The molecule has 7 rings (SSSR count). The number of aliphatic hydroxyl groups is 1. The third-order valence-corrected chi connectivity index (χ3v) is 9.61. The molecule has 1 saturated carbocycles. The van der Waals surface area contributed by atoms with E-state index < -0.39 is 12.2 Å². The van der Waals surface area contributed by atoms with Crippen LogP contribution in [-0.4, -0.2) is 45.2 Å². The Labute approximate surface area is 245 Å². The molecule has 8 nitrogen and oxygen atoms in total. The summed E-state index contributed by atoms with van der Waals surface area (Å²) in [6, 6.07) is 12.5. The van der Waals surface area contributed by atoms with Crippen LogP contribution in [0.3, 0.4) is 0 Å². The number of phenolic OH excluding ortho intramolecular Hbond substituents is 2. The molecule has 3 unspecified atom stereocenters. The van der Waals surface area contributed by atoms with Crippen LogP contribution in [0.2, 0.25) is 0 Å². The molecule has 0 amide bonds. The maximum Gasteiger partial charge on any atom is 0.160 e. The Bertz CT molecular complexity index is 1630. The van der Waals surface area contributed by atoms with Crippen LogP contribution in [0.1, 0.15) is 66.4 Å². The molecule has 1 fully saturated rings. The first kappa shape index (κ1) is 26.7. The number of rotatable bonds is 6. The Hall–Kier alpha value is -4.17. The van der Waals surface area contributed by atoms with Crippen LogP contribution in [-0.2, 0) is 18.4 Å². The Morgan fingerprint density at radius 1 is 1.00 bits per heavy atom. The van der Waals surface area contributed by atoms with Crippen LogP contribution in [0.25, 0.3) is 11.1 Å². The molecule has 3 aliphatic rings. The molecule has 0 saturated heterocycles. The molecular weight excluding hydrogens is 532 g/mol. The number of hydrogen-bond donors (Lipinski definition) is 3. The average Bonchev–Trinajstić information content (AvgIpc) is 3.70. The van der Waals surface area contributed by atoms with Crippen LogP contribution < -0.4 is 14.2 Å². The van der Waals surface area contributed by atoms with Gasteiger partial charge in [-0.05, 0) is 78.1 Å². The number of phenols is 2. The third kappa shape index (κ3) is 4.28. The van der Waals surface area contributed by atoms with Gasteiger partial charge in [0.2, 0.25) is 0 Å². The van der Waals surface area contributed by atoms with Crippen molar-refractivity contribution < 1.29 is 29.5 Å². The molecule has 0 radical (unpaired) electrons. The number of ether oxygens (including phenoxy) is 3. The molecule has 1 aliphatic heterocycles. The third-order valence-electron chi connectivity index (χ3n) is 9.61. The van der Waals surface area contributed by atoms with E-state index in [1.165, 1.54) is 20.0 Å². The van der Waals surface area contributed by atoms with Crippen molar-refractivity contribution in [3.05, 3.63) is 83.4 Å². The van der Waals surface area contributed by atoms with Gasteiger partial charge in [-0.1, -0.05) is 25.0 Å². The van der Waals surface area contributed by atoms with Gasteiger partial charge in [0.15, 0.2) is 11.5 Å². The molecule has 218 valence electrons. The van der Waals surface area contributed by atoms with Gasteiger partial charge in [-0.3, -0.25) is 0 Å². The predicted molar refractivity (Wildman–Crippen MR) is 158 cm³/mol. The van der Waals surface area contributed by atoms with Gasteiger partial charge in [-0.25, -0.2) is 4.98 Å². The predicted octanol–water partition coefficient (Wildman–Crippen LogP) is 6.01. The van der Waals surface area contributed by atoms with E-state index in [0.29, 0.717) is 23.7 Å². The summed E-state index contributed by atoms with van der Waals surface area (Å²) in [6.07, 6.45) is 11.0. The van der Waals surface area contributed by atoms with Gasteiger partial charge in [0, 0.05) is 41.5 Å². The zero-order chi connectivity index (χ0) is 29.0. The lowest BCUT2D eigenvalue weighted by Gasteiger charge is -2.41. The molecule has 3 N–H and O–H groups in total. The van der Waals surface area contributed by atoms with Gasteiger partial charge < -0.3 is 34.1 Å². The SMILES string of the molecule is COc1cc(C2Oc3cc(OC)c4c(c3CC2O)C(CC2(n3ccnc3)CCCC2)Cc2cc(O)ccc2-4)ccc1O. The highest BCUT2D eigenvalue weighted by Gasteiger charge is 2.43. The van der Waals surface area contributed by atoms with Crippen molar-refractivity contribution in [3.63, 3.8) is 0 Å². The molecule has 3 atom stereocenters. The summed E-state index contributed by atoms with van der Waals surface area (Å²) in [5.41, 5.74) is 5.99. The fourth-order valence-electron chi connectivity index (χ4n) is 7.73. The average molecular weight is 569 g/mol. The maximum absolute atomic E-state index is 11.5. The number of hydrogen-bond acceptors (Lipinski definition) is 7. The molecule has 1 aromatic heterocycles. The van der Waals surface area contributed by atoms with E-state index in [4.69, 9.17) is 14.2 Å². The number of aromatic nitrogens is 2. The normalized spacial score (nSPS) is 22.0. The van der Waals surface area contributed by atoms with E-state index in [0.717, 1.165) is 59.1 Å². The minimum atomic E-state index is -0.805. The fraction of sp³-hybridized carbons (Fsp3) is 0.382. The second-order valence-corrected chi connectivity index (χ2v) is 11.9. The van der Waals surface area contributed by atoms with Crippen molar-refractivity contribution in [2.45, 2.75) is 68.6 Å². The smallest absolute Gasteiger partial charge is 0.160 e. The van der Waals surface area contributed by atoms with E-state index in [1.54, 1.807) is 31.4 Å². The monoisotopic (exact) mass is 568 g/mol. The number of aliphatic hydroxyl groups excluding tert-OH is 1. The van der Waals surface area contributed by atoms with Crippen LogP contribution in [0.5, 0.6) is 28.7 Å². The number of nitrogens with zero attached hydrogens (tertiary/aromatic N) is 2. The van der Waals surface area contributed by atoms with E-state index >= 15 is 0 Å². The van der Waals surface area contributed by atoms with Crippen LogP contribution >= 0.6 is 0 Å². The molecule has 4 aromatic rings. The molecule has 2 heterocycles. The first-order valence-corrected chi connectivity index (χ1v) is 14.7. The zero-order valence-electron chi connectivity index (χ0n) is 23.9. The molecule has 3 aromatic carbocycles. The van der Waals surface area contributed by atoms with E-state index in [2.05, 4.69) is 15.7 Å². The Morgan fingerprint density at radius 2 is 1.81 bits per heavy atom. The Morgan fingerprint density at radius 3 is 2.55 bits per heavy atom. The summed E-state index contributed by atoms with van der Waals surface area (Å²) in [5, 5.41) is 32.1. The van der Waals surface area contributed by atoms with Crippen molar-refractivity contribution in [1.82, 2.24) is 9.55 Å². The van der Waals surface area contributed by atoms with E-state index in [-0.39, 0.29) is 23.0 Å². The van der Waals surface area contributed by atoms with Gasteiger partial charge in [-0.15, -0.1) is 0 Å². The van der Waals surface area contributed by atoms with E-state index in [9.17, 15) is 15.3 Å². The van der Waals surface area contributed by atoms with Gasteiger partial charge in [-0.2, -0.15) is 0 Å². The molecule has 0 bridgehead atoms. The van der Waals surface area contributed by atoms with E-state index in [1.807, 2.05) is 30.7 Å². The highest BCUT2D eigenvalue weighted by atomic mass is 16.5. The summed E-state index contributed by atoms with van der Waals surface area (Å²) < 4.78 is 20.2. The van der Waals surface area contributed by atoms with Gasteiger partial charge in [0.05, 0.1) is 26.7 Å². The number of fused-ring (bicyclic) bond motifs is 5. The molecule has 0 spiro atoms. The van der Waals surface area contributed by atoms with Gasteiger partial charge >= 0.3 is 0 Å². The summed E-state index contributed by atoms with van der Waals surface area (Å²) >= 11 is 0. The highest BCUT2D eigenvalue weighted by molar-refractivity contribution is 5.83. The van der Waals surface area contributed by atoms with Crippen molar-refractivity contribution >= 4 is 0 Å². The highest BCUT2D eigenvalue weighted by Crippen LogP contribution is 2.55. The maximum atomic E-state index is 11.5. The standard InChI is InChI=1S/C34H36N2O6/c1-40-29-15-20(5-8-26(29)38)33-27(39)16-25-28(42-33)17-30(41-2)32-24-7-6-23(37)14-21(24)13-22(31(25)32)18-34(9-3-4-10-34)36-12-11-35-19-36/h5-8,11-12,14-15,17,19,22,27,33,37-39H,3-4,9-10,13,16,18H2,1-2H3. The summed E-state index contributed by atoms with van der Waals surface area (Å²) in [6.45, 7) is 0. The Kier molecular flexibility index (Phi) is 6.54. The fourth-order valence-corrected chi connectivity index (χ4v) is 7.73. The minimum absolute atomic E-state index is 0.0361. The number of aromatic hydroxyl groups is 2. The minimum Gasteiger partial charge on any atom is -0.508 e. The summed E-state index contributed by atoms with van der Waals surface area (Å²) in [5.74, 6) is 2.14. The summed E-state index contributed by atoms with van der Waals surface area (Å²) in [7, 11) is 3.18. The molecule has 42 heavy (non-hydrogen) atoms. The van der Waals surface area contributed by atoms with Crippen molar-refractivity contribution in [2.75, 3.05) is 14.2 Å². The van der Waals surface area contributed by atoms with Crippen LogP contribution in [0.4, 0.5) is 0 Å². The topological polar surface area (TPSA) is 106 Å². The van der Waals surface area contributed by atoms with Crippen molar-refractivity contribution in [1.29, 1.82) is 0 Å². The lowest BCUT2D eigenvalue weighted by atomic mass is 9.70. The first-order valence-electron chi connectivity index (χ1n) is 14.7. The molecule has 2 aliphatic carbocycles. The largest absolute Gasteiger partial charge is 0.508 e. The lowest BCUT2D eigenvalue weighted by molar-refractivity contribution is 0.0200. The Balaban J connectivity index is 1.38. The zero-order valence-corrected chi connectivity index (χ0v) is 23.9. The molecular formula is C34H36N2O6. The number of benzene rings is 3.